The standard InChI is InChI=1S/C10H13N3O2S/c1-6-5-16-10-12-7(2)8(13(6)10)3-11-4-9(14)15/h5,11H,3-4H2,1-2H3,(H,14,15). The van der Waals surface area contributed by atoms with Crippen LogP contribution in [0.15, 0.2) is 5.38 Å². The van der Waals surface area contributed by atoms with Gasteiger partial charge in [0, 0.05) is 17.6 Å². The molecule has 86 valence electrons. The summed E-state index contributed by atoms with van der Waals surface area (Å²) in [6.45, 7) is 4.45. The Bertz CT molecular complexity index is 529. The van der Waals surface area contributed by atoms with Crippen molar-refractivity contribution in [1.29, 1.82) is 0 Å². The number of hydrogen-bond donors (Lipinski definition) is 2. The molecule has 2 heterocycles. The van der Waals surface area contributed by atoms with Gasteiger partial charge in [-0.25, -0.2) is 4.98 Å². The Morgan fingerprint density at radius 1 is 1.62 bits per heavy atom. The smallest absolute Gasteiger partial charge is 0.317 e. The van der Waals surface area contributed by atoms with Gasteiger partial charge in [0.25, 0.3) is 0 Å². The number of carbonyl (C=O) groups is 1. The SMILES string of the molecule is Cc1nc2scc(C)n2c1CNCC(=O)O. The Balaban J connectivity index is 2.24. The van der Waals surface area contributed by atoms with E-state index >= 15 is 0 Å². The first-order valence-electron chi connectivity index (χ1n) is 4.94. The number of aromatic nitrogens is 2. The van der Waals surface area contributed by atoms with E-state index in [2.05, 4.69) is 14.7 Å². The van der Waals surface area contributed by atoms with E-state index in [-0.39, 0.29) is 6.54 Å². The number of fused-ring (bicyclic) bond motifs is 1. The van der Waals surface area contributed by atoms with Gasteiger partial charge in [0.2, 0.25) is 0 Å². The zero-order valence-electron chi connectivity index (χ0n) is 9.15. The molecule has 6 heteroatoms. The van der Waals surface area contributed by atoms with Crippen LogP contribution in [-0.4, -0.2) is 27.0 Å². The van der Waals surface area contributed by atoms with Crippen molar-refractivity contribution >= 4 is 22.3 Å². The molecule has 0 fully saturated rings. The van der Waals surface area contributed by atoms with Crippen molar-refractivity contribution in [2.45, 2.75) is 20.4 Å². The van der Waals surface area contributed by atoms with Gasteiger partial charge in [-0.15, -0.1) is 11.3 Å². The first-order valence-corrected chi connectivity index (χ1v) is 5.82. The van der Waals surface area contributed by atoms with E-state index in [0.717, 1.165) is 22.0 Å². The molecular formula is C10H13N3O2S. The van der Waals surface area contributed by atoms with Gasteiger partial charge in [-0.2, -0.15) is 0 Å². The highest BCUT2D eigenvalue weighted by atomic mass is 32.1. The molecule has 0 saturated carbocycles. The molecular weight excluding hydrogens is 226 g/mol. The van der Waals surface area contributed by atoms with Gasteiger partial charge in [-0.3, -0.25) is 9.20 Å². The maximum absolute atomic E-state index is 10.4. The monoisotopic (exact) mass is 239 g/mol. The molecule has 0 aliphatic rings. The van der Waals surface area contributed by atoms with E-state index in [9.17, 15) is 4.79 Å². The van der Waals surface area contributed by atoms with Crippen molar-refractivity contribution < 1.29 is 9.90 Å². The number of aryl methyl sites for hydroxylation is 2. The lowest BCUT2D eigenvalue weighted by Crippen LogP contribution is -2.23. The fourth-order valence-corrected chi connectivity index (χ4v) is 2.59. The first-order chi connectivity index (χ1) is 7.59. The zero-order valence-corrected chi connectivity index (χ0v) is 9.97. The van der Waals surface area contributed by atoms with Crippen LogP contribution in [0.2, 0.25) is 0 Å². The number of carboxylic acids is 1. The van der Waals surface area contributed by atoms with Crippen molar-refractivity contribution in [3.05, 3.63) is 22.5 Å². The second-order valence-corrected chi connectivity index (χ2v) is 4.47. The summed E-state index contributed by atoms with van der Waals surface area (Å²) >= 11 is 1.60. The molecule has 0 saturated heterocycles. The second kappa shape index (κ2) is 4.23. The Labute approximate surface area is 96.7 Å². The summed E-state index contributed by atoms with van der Waals surface area (Å²) in [6.07, 6.45) is 0. The second-order valence-electron chi connectivity index (χ2n) is 3.64. The predicted octanol–water partition coefficient (Wildman–Crippen LogP) is 1.19. The number of hydrogen-bond acceptors (Lipinski definition) is 4. The number of thiazole rings is 1. The molecule has 2 rings (SSSR count). The van der Waals surface area contributed by atoms with Gasteiger partial charge < -0.3 is 10.4 Å². The van der Waals surface area contributed by atoms with Crippen LogP contribution in [0, 0.1) is 13.8 Å². The molecule has 0 radical (unpaired) electrons. The van der Waals surface area contributed by atoms with Gasteiger partial charge >= 0.3 is 5.97 Å². The molecule has 0 amide bonds. The lowest BCUT2D eigenvalue weighted by Gasteiger charge is -2.03. The molecule has 0 aliphatic heterocycles. The van der Waals surface area contributed by atoms with E-state index < -0.39 is 5.97 Å². The van der Waals surface area contributed by atoms with Gasteiger partial charge in [0.15, 0.2) is 4.96 Å². The molecule has 0 aliphatic carbocycles. The van der Waals surface area contributed by atoms with Gasteiger partial charge in [-0.1, -0.05) is 0 Å². The van der Waals surface area contributed by atoms with E-state index in [4.69, 9.17) is 5.11 Å². The molecule has 0 spiro atoms. The van der Waals surface area contributed by atoms with Crippen molar-refractivity contribution in [2.24, 2.45) is 0 Å². The van der Waals surface area contributed by atoms with Crippen molar-refractivity contribution in [2.75, 3.05) is 6.54 Å². The molecule has 0 bridgehead atoms. The lowest BCUT2D eigenvalue weighted by molar-refractivity contribution is -0.136. The Morgan fingerprint density at radius 2 is 2.38 bits per heavy atom. The molecule has 2 aromatic rings. The maximum Gasteiger partial charge on any atom is 0.317 e. The average molecular weight is 239 g/mol. The van der Waals surface area contributed by atoms with E-state index in [1.807, 2.05) is 19.2 Å². The third-order valence-corrected chi connectivity index (χ3v) is 3.34. The molecule has 2 N–H and O–H groups in total. The van der Waals surface area contributed by atoms with Gasteiger partial charge in [0.05, 0.1) is 17.9 Å². The van der Waals surface area contributed by atoms with Crippen LogP contribution >= 0.6 is 11.3 Å². The minimum absolute atomic E-state index is 0.0319. The van der Waals surface area contributed by atoms with Crippen molar-refractivity contribution in [3.8, 4) is 0 Å². The number of aliphatic carboxylic acids is 1. The van der Waals surface area contributed by atoms with E-state index in [1.54, 1.807) is 11.3 Å². The molecule has 0 unspecified atom stereocenters. The first kappa shape index (κ1) is 11.1. The summed E-state index contributed by atoms with van der Waals surface area (Å²) in [6, 6.07) is 0. The van der Waals surface area contributed by atoms with Crippen LogP contribution in [0.4, 0.5) is 0 Å². The number of nitrogens with one attached hydrogen (secondary N) is 1. The molecule has 0 aromatic carbocycles. The van der Waals surface area contributed by atoms with Crippen LogP contribution in [0.3, 0.4) is 0 Å². The Morgan fingerprint density at radius 3 is 3.06 bits per heavy atom. The summed E-state index contributed by atoms with van der Waals surface area (Å²) in [5, 5.41) is 13.5. The number of carboxylic acid groups (broad SMARTS) is 1. The number of imidazole rings is 1. The topological polar surface area (TPSA) is 66.6 Å². The van der Waals surface area contributed by atoms with E-state index in [1.165, 1.54) is 0 Å². The van der Waals surface area contributed by atoms with Crippen LogP contribution in [0.25, 0.3) is 4.96 Å². The van der Waals surface area contributed by atoms with Crippen LogP contribution in [0.5, 0.6) is 0 Å². The highest BCUT2D eigenvalue weighted by Gasteiger charge is 2.11. The molecule has 2 aromatic heterocycles. The maximum atomic E-state index is 10.4. The minimum atomic E-state index is -0.847. The third kappa shape index (κ3) is 1.94. The third-order valence-electron chi connectivity index (χ3n) is 2.40. The lowest BCUT2D eigenvalue weighted by atomic mass is 10.3. The highest BCUT2D eigenvalue weighted by molar-refractivity contribution is 7.15. The van der Waals surface area contributed by atoms with Gasteiger partial charge in [-0.05, 0) is 13.8 Å². The summed E-state index contributed by atoms with van der Waals surface area (Å²) in [5.41, 5.74) is 3.12. The number of rotatable bonds is 4. The van der Waals surface area contributed by atoms with Crippen LogP contribution < -0.4 is 5.32 Å². The van der Waals surface area contributed by atoms with E-state index in [0.29, 0.717) is 6.54 Å². The average Bonchev–Trinajstić information content (AvgIpc) is 2.69. The highest BCUT2D eigenvalue weighted by Crippen LogP contribution is 2.20. The predicted molar refractivity (Wildman–Crippen MR) is 61.9 cm³/mol. The zero-order chi connectivity index (χ0) is 11.7. The summed E-state index contributed by atoms with van der Waals surface area (Å²) < 4.78 is 2.06. The van der Waals surface area contributed by atoms with Crippen LogP contribution in [-0.2, 0) is 11.3 Å². The number of nitrogens with zero attached hydrogens (tertiary/aromatic N) is 2. The van der Waals surface area contributed by atoms with Crippen LogP contribution in [0.1, 0.15) is 17.1 Å². The molecule has 16 heavy (non-hydrogen) atoms. The van der Waals surface area contributed by atoms with Crippen molar-refractivity contribution in [1.82, 2.24) is 14.7 Å². The molecule has 0 atom stereocenters. The quantitative estimate of drug-likeness (QED) is 0.841. The van der Waals surface area contributed by atoms with Crippen molar-refractivity contribution in [3.63, 3.8) is 0 Å². The Kier molecular flexibility index (Phi) is 2.93. The Hall–Kier alpha value is -1.40. The fraction of sp³-hybridized carbons (Fsp3) is 0.400. The summed E-state index contributed by atoms with van der Waals surface area (Å²) in [5.74, 6) is -0.847. The molecule has 5 nitrogen and oxygen atoms in total. The normalized spacial score (nSPS) is 11.1. The van der Waals surface area contributed by atoms with Gasteiger partial charge in [0.1, 0.15) is 0 Å². The minimum Gasteiger partial charge on any atom is -0.480 e. The largest absolute Gasteiger partial charge is 0.480 e. The fourth-order valence-electron chi connectivity index (χ4n) is 1.66. The summed E-state index contributed by atoms with van der Waals surface area (Å²) in [7, 11) is 0. The summed E-state index contributed by atoms with van der Waals surface area (Å²) in [4.78, 5) is 15.8.